The van der Waals surface area contributed by atoms with Crippen molar-refractivity contribution in [2.24, 2.45) is 0 Å². The predicted molar refractivity (Wildman–Crippen MR) is 67.6 cm³/mol. The van der Waals surface area contributed by atoms with E-state index in [1.54, 1.807) is 7.11 Å². The Balaban J connectivity index is 2.49. The maximum absolute atomic E-state index is 9.54. The lowest BCUT2D eigenvalue weighted by atomic mass is 10.0. The fourth-order valence-electron chi connectivity index (χ4n) is 1.40. The van der Waals surface area contributed by atoms with Gasteiger partial charge in [-0.15, -0.1) is 0 Å². The molecule has 0 unspecified atom stereocenters. The van der Waals surface area contributed by atoms with Crippen LogP contribution in [0, 0.1) is 0 Å². The molecule has 0 aliphatic rings. The molecule has 0 aliphatic carbocycles. The first-order valence-corrected chi connectivity index (χ1v) is 5.54. The normalized spacial score (nSPS) is 12.0. The zero-order valence-electron chi connectivity index (χ0n) is 10.2. The minimum Gasteiger partial charge on any atom is -0.497 e. The van der Waals surface area contributed by atoms with Crippen LogP contribution in [-0.2, 0) is 0 Å². The Morgan fingerprint density at radius 2 is 2.12 bits per heavy atom. The molecular formula is C14H20O2. The van der Waals surface area contributed by atoms with Gasteiger partial charge in [0.2, 0.25) is 0 Å². The summed E-state index contributed by atoms with van der Waals surface area (Å²) < 4.78 is 5.14. The number of allylic oxidation sites excluding steroid dienone is 1. The molecule has 0 bridgehead atoms. The number of rotatable bonds is 5. The summed E-state index contributed by atoms with van der Waals surface area (Å²) in [5.41, 5.74) is 0.536. The molecule has 88 valence electrons. The minimum atomic E-state index is -0.585. The SMILES string of the molecule is COc1cccc(/C=C/CCC(C)(C)O)c1. The topological polar surface area (TPSA) is 29.5 Å². The molecule has 0 aromatic heterocycles. The summed E-state index contributed by atoms with van der Waals surface area (Å²) in [7, 11) is 1.66. The molecule has 0 saturated heterocycles. The van der Waals surface area contributed by atoms with E-state index in [0.717, 1.165) is 24.2 Å². The van der Waals surface area contributed by atoms with E-state index < -0.39 is 5.60 Å². The van der Waals surface area contributed by atoms with Gasteiger partial charge in [-0.25, -0.2) is 0 Å². The van der Waals surface area contributed by atoms with Gasteiger partial charge in [0.05, 0.1) is 12.7 Å². The van der Waals surface area contributed by atoms with Crippen LogP contribution in [0.4, 0.5) is 0 Å². The summed E-state index contributed by atoms with van der Waals surface area (Å²) >= 11 is 0. The van der Waals surface area contributed by atoms with Gasteiger partial charge < -0.3 is 9.84 Å². The minimum absolute atomic E-state index is 0.585. The van der Waals surface area contributed by atoms with Crippen LogP contribution in [-0.4, -0.2) is 17.8 Å². The zero-order valence-corrected chi connectivity index (χ0v) is 10.2. The third kappa shape index (κ3) is 4.99. The molecule has 2 nitrogen and oxygen atoms in total. The van der Waals surface area contributed by atoms with Crippen molar-refractivity contribution in [2.75, 3.05) is 7.11 Å². The predicted octanol–water partition coefficient (Wildman–Crippen LogP) is 3.26. The van der Waals surface area contributed by atoms with Crippen LogP contribution in [0.25, 0.3) is 6.08 Å². The second-order valence-corrected chi connectivity index (χ2v) is 4.53. The lowest BCUT2D eigenvalue weighted by molar-refractivity contribution is 0.0722. The summed E-state index contributed by atoms with van der Waals surface area (Å²) in [4.78, 5) is 0. The number of aliphatic hydroxyl groups is 1. The maximum Gasteiger partial charge on any atom is 0.119 e. The summed E-state index contributed by atoms with van der Waals surface area (Å²) in [6, 6.07) is 7.91. The third-order valence-corrected chi connectivity index (χ3v) is 2.33. The van der Waals surface area contributed by atoms with Crippen LogP contribution in [0.5, 0.6) is 5.75 Å². The van der Waals surface area contributed by atoms with Crippen molar-refractivity contribution < 1.29 is 9.84 Å². The highest BCUT2D eigenvalue weighted by Crippen LogP contribution is 2.15. The lowest BCUT2D eigenvalue weighted by Crippen LogP contribution is -2.17. The standard InChI is InChI=1S/C14H20O2/c1-14(2,15)10-5-4-7-12-8-6-9-13(11-12)16-3/h4,6-9,11,15H,5,10H2,1-3H3/b7-4+. The molecule has 0 heterocycles. The molecule has 1 rings (SSSR count). The highest BCUT2D eigenvalue weighted by atomic mass is 16.5. The van der Waals surface area contributed by atoms with Gasteiger partial charge in [-0.3, -0.25) is 0 Å². The second-order valence-electron chi connectivity index (χ2n) is 4.53. The number of benzene rings is 1. The van der Waals surface area contributed by atoms with E-state index in [-0.39, 0.29) is 0 Å². The first kappa shape index (κ1) is 12.8. The van der Waals surface area contributed by atoms with Crippen molar-refractivity contribution in [3.63, 3.8) is 0 Å². The molecule has 2 heteroatoms. The molecule has 0 radical (unpaired) electrons. The molecule has 1 N–H and O–H groups in total. The lowest BCUT2D eigenvalue weighted by Gasteiger charge is -2.14. The van der Waals surface area contributed by atoms with Gasteiger partial charge in [0.1, 0.15) is 5.75 Å². The van der Waals surface area contributed by atoms with Crippen LogP contribution < -0.4 is 4.74 Å². The summed E-state index contributed by atoms with van der Waals surface area (Å²) in [5, 5.41) is 9.54. The third-order valence-electron chi connectivity index (χ3n) is 2.33. The summed E-state index contributed by atoms with van der Waals surface area (Å²) in [6.45, 7) is 3.65. The molecule has 16 heavy (non-hydrogen) atoms. The monoisotopic (exact) mass is 220 g/mol. The summed E-state index contributed by atoms with van der Waals surface area (Å²) in [6.07, 6.45) is 5.77. The maximum atomic E-state index is 9.54. The van der Waals surface area contributed by atoms with E-state index in [0.29, 0.717) is 0 Å². The van der Waals surface area contributed by atoms with Crippen molar-refractivity contribution in [3.05, 3.63) is 35.9 Å². The second kappa shape index (κ2) is 5.71. The van der Waals surface area contributed by atoms with E-state index in [1.165, 1.54) is 0 Å². The smallest absolute Gasteiger partial charge is 0.119 e. The van der Waals surface area contributed by atoms with Crippen molar-refractivity contribution in [1.29, 1.82) is 0 Å². The zero-order chi connectivity index (χ0) is 12.0. The van der Waals surface area contributed by atoms with Crippen LogP contribution in [0.1, 0.15) is 32.3 Å². The largest absolute Gasteiger partial charge is 0.497 e. The van der Waals surface area contributed by atoms with E-state index in [9.17, 15) is 5.11 Å². The number of ether oxygens (including phenoxy) is 1. The Bertz CT molecular complexity index is 348. The highest BCUT2D eigenvalue weighted by molar-refractivity contribution is 5.51. The van der Waals surface area contributed by atoms with E-state index in [1.807, 2.05) is 44.2 Å². The number of hydrogen-bond donors (Lipinski definition) is 1. The fourth-order valence-corrected chi connectivity index (χ4v) is 1.40. The van der Waals surface area contributed by atoms with Crippen LogP contribution in [0.3, 0.4) is 0 Å². The van der Waals surface area contributed by atoms with Crippen LogP contribution in [0.2, 0.25) is 0 Å². The molecule has 0 fully saturated rings. The fraction of sp³-hybridized carbons (Fsp3) is 0.429. The average molecular weight is 220 g/mol. The van der Waals surface area contributed by atoms with Gasteiger partial charge in [-0.1, -0.05) is 24.3 Å². The van der Waals surface area contributed by atoms with Crippen LogP contribution in [0.15, 0.2) is 30.3 Å². The van der Waals surface area contributed by atoms with E-state index in [4.69, 9.17) is 4.74 Å². The van der Waals surface area contributed by atoms with E-state index in [2.05, 4.69) is 6.08 Å². The molecule has 0 amide bonds. The molecule has 0 saturated carbocycles. The Morgan fingerprint density at radius 3 is 2.75 bits per heavy atom. The highest BCUT2D eigenvalue weighted by Gasteiger charge is 2.09. The molecule has 0 atom stereocenters. The van der Waals surface area contributed by atoms with E-state index >= 15 is 0 Å². The van der Waals surface area contributed by atoms with Gasteiger partial charge in [-0.05, 0) is 44.4 Å². The Hall–Kier alpha value is -1.28. The van der Waals surface area contributed by atoms with Crippen LogP contribution >= 0.6 is 0 Å². The number of hydrogen-bond acceptors (Lipinski definition) is 2. The first-order valence-electron chi connectivity index (χ1n) is 5.54. The molecule has 0 spiro atoms. The van der Waals surface area contributed by atoms with Crippen molar-refractivity contribution >= 4 is 6.08 Å². The molecule has 1 aromatic carbocycles. The van der Waals surface area contributed by atoms with Gasteiger partial charge in [0.25, 0.3) is 0 Å². The Morgan fingerprint density at radius 1 is 1.38 bits per heavy atom. The van der Waals surface area contributed by atoms with Crippen molar-refractivity contribution in [2.45, 2.75) is 32.3 Å². The van der Waals surface area contributed by atoms with Gasteiger partial charge in [-0.2, -0.15) is 0 Å². The quantitative estimate of drug-likeness (QED) is 0.825. The molecule has 1 aromatic rings. The number of methoxy groups -OCH3 is 1. The van der Waals surface area contributed by atoms with Crippen molar-refractivity contribution in [3.8, 4) is 5.75 Å². The van der Waals surface area contributed by atoms with Crippen molar-refractivity contribution in [1.82, 2.24) is 0 Å². The van der Waals surface area contributed by atoms with Gasteiger partial charge in [0.15, 0.2) is 0 Å². The molecule has 0 aliphatic heterocycles. The first-order chi connectivity index (χ1) is 7.51. The Kier molecular flexibility index (Phi) is 4.56. The van der Waals surface area contributed by atoms with Gasteiger partial charge in [0, 0.05) is 0 Å². The van der Waals surface area contributed by atoms with Gasteiger partial charge >= 0.3 is 0 Å². The Labute approximate surface area is 97.6 Å². The molecular weight excluding hydrogens is 200 g/mol. The average Bonchev–Trinajstić information content (AvgIpc) is 2.23. The summed E-state index contributed by atoms with van der Waals surface area (Å²) in [5.74, 6) is 0.865.